The molecule has 0 fully saturated rings. The molecular weight excluding hydrogens is 235 g/mol. The van der Waals surface area contributed by atoms with Gasteiger partial charge in [0, 0.05) is 12.6 Å². The van der Waals surface area contributed by atoms with Crippen LogP contribution in [0.2, 0.25) is 0 Å². The topological polar surface area (TPSA) is 15.6 Å². The van der Waals surface area contributed by atoms with E-state index >= 15 is 0 Å². The Labute approximate surface area is 122 Å². The maximum absolute atomic E-state index is 4.96. The maximum atomic E-state index is 4.96. The van der Waals surface area contributed by atoms with Crippen LogP contribution in [0.15, 0.2) is 35.4 Å². The Morgan fingerprint density at radius 3 is 2.67 bits per heavy atom. The molecule has 1 aliphatic heterocycles. The van der Waals surface area contributed by atoms with Gasteiger partial charge in [-0.1, -0.05) is 30.3 Å². The molecule has 5 heteroatoms. The van der Waals surface area contributed by atoms with E-state index in [0.717, 1.165) is 6.42 Å². The largest absolute Gasteiger partial charge is 1.00 e. The summed E-state index contributed by atoms with van der Waals surface area (Å²) < 4.78 is 0.410. The van der Waals surface area contributed by atoms with E-state index in [4.69, 9.17) is 24.8 Å². The first-order valence-corrected chi connectivity index (χ1v) is 5.18. The second-order valence-corrected chi connectivity index (χ2v) is 4.10. The molecule has 0 aliphatic carbocycles. The summed E-state index contributed by atoms with van der Waals surface area (Å²) >= 11 is 9.92. The predicted molar refractivity (Wildman–Crippen MR) is 64.1 cm³/mol. The molecule has 0 saturated heterocycles. The van der Waals surface area contributed by atoms with Gasteiger partial charge in [0.05, 0.1) is 6.04 Å². The third-order valence-electron chi connectivity index (χ3n) is 2.20. The first kappa shape index (κ1) is 13.1. The minimum absolute atomic E-state index is 0. The van der Waals surface area contributed by atoms with Gasteiger partial charge < -0.3 is 24.8 Å². The van der Waals surface area contributed by atoms with Crippen molar-refractivity contribution in [2.45, 2.75) is 12.5 Å². The van der Waals surface area contributed by atoms with Crippen LogP contribution >= 0.6 is 12.2 Å². The number of benzene rings is 1. The van der Waals surface area contributed by atoms with E-state index in [1.807, 2.05) is 24.4 Å². The van der Waals surface area contributed by atoms with Crippen LogP contribution in [0.3, 0.4) is 0 Å². The average molecular weight is 244 g/mol. The van der Waals surface area contributed by atoms with Crippen LogP contribution in [0.4, 0.5) is 0 Å². The van der Waals surface area contributed by atoms with E-state index in [1.54, 1.807) is 5.01 Å². The Balaban J connectivity index is 0.00000112. The first-order chi connectivity index (χ1) is 6.79. The smallest absolute Gasteiger partial charge is 0.409 e. The van der Waals surface area contributed by atoms with Crippen LogP contribution in [0, 0.1) is 0 Å². The van der Waals surface area contributed by atoms with Crippen molar-refractivity contribution in [1.29, 1.82) is 0 Å². The summed E-state index contributed by atoms with van der Waals surface area (Å²) in [7, 11) is 0. The van der Waals surface area contributed by atoms with Crippen molar-refractivity contribution < 1.29 is 29.6 Å². The van der Waals surface area contributed by atoms with Gasteiger partial charge in [0.2, 0.25) is 0 Å². The second-order valence-electron chi connectivity index (χ2n) is 3.07. The minimum atomic E-state index is 0. The van der Waals surface area contributed by atoms with E-state index in [0.29, 0.717) is 4.32 Å². The fourth-order valence-corrected chi connectivity index (χ4v) is 1.89. The molecule has 0 saturated carbocycles. The van der Waals surface area contributed by atoms with Gasteiger partial charge in [-0.05, 0) is 9.88 Å². The Kier molecular flexibility index (Phi) is 5.15. The number of nitrogens with zero attached hydrogens (tertiary/aromatic N) is 2. The number of thiocarbonyl (C=S) groups is 1. The zero-order valence-electron chi connectivity index (χ0n) is 8.46. The summed E-state index contributed by atoms with van der Waals surface area (Å²) in [6.07, 6.45) is 2.73. The zero-order valence-corrected chi connectivity index (χ0v) is 12.1. The number of hydrogen-bond acceptors (Lipinski definition) is 3. The monoisotopic (exact) mass is 244 g/mol. The van der Waals surface area contributed by atoms with Crippen molar-refractivity contribution in [3.8, 4) is 0 Å². The van der Waals surface area contributed by atoms with Crippen molar-refractivity contribution in [3.05, 3.63) is 35.9 Å². The molecule has 0 aromatic heterocycles. The summed E-state index contributed by atoms with van der Waals surface area (Å²) in [6.45, 7) is 0. The third-order valence-corrected chi connectivity index (χ3v) is 2.58. The van der Waals surface area contributed by atoms with Gasteiger partial charge in [-0.25, -0.2) is 0 Å². The summed E-state index contributed by atoms with van der Waals surface area (Å²) in [5.41, 5.74) is 1.21. The van der Waals surface area contributed by atoms with Crippen LogP contribution in [-0.2, 0) is 12.6 Å². The molecule has 0 amide bonds. The fraction of sp³-hybridized carbons (Fsp3) is 0.200. The van der Waals surface area contributed by atoms with E-state index in [9.17, 15) is 0 Å². The standard InChI is InChI=1S/C10H10N2S2.Na/c13-10(14)12-9(6-7-11-12)8-4-2-1-3-5-8;/h1-5,7,9H,6H2,(H,13,14);/q;+1/p-1. The van der Waals surface area contributed by atoms with Crippen LogP contribution in [0.5, 0.6) is 0 Å². The Morgan fingerprint density at radius 2 is 2.07 bits per heavy atom. The molecule has 0 N–H and O–H groups in total. The Hall–Kier alpha value is 0. The van der Waals surface area contributed by atoms with Crippen LogP contribution in [-0.4, -0.2) is 15.5 Å². The third kappa shape index (κ3) is 2.98. The molecule has 2 rings (SSSR count). The van der Waals surface area contributed by atoms with Crippen LogP contribution in [0.1, 0.15) is 18.0 Å². The summed E-state index contributed by atoms with van der Waals surface area (Å²) in [5.74, 6) is 0. The van der Waals surface area contributed by atoms with Crippen molar-refractivity contribution in [3.63, 3.8) is 0 Å². The zero-order chi connectivity index (χ0) is 9.97. The van der Waals surface area contributed by atoms with Crippen LogP contribution in [0.25, 0.3) is 0 Å². The number of hydrazone groups is 1. The molecule has 1 heterocycles. The Bertz CT molecular complexity index is 367. The number of rotatable bonds is 1. The average Bonchev–Trinajstić information content (AvgIpc) is 2.67. The van der Waals surface area contributed by atoms with Gasteiger partial charge in [0.1, 0.15) is 0 Å². The van der Waals surface area contributed by atoms with Gasteiger partial charge in [-0.2, -0.15) is 5.10 Å². The molecule has 0 bridgehead atoms. The normalized spacial score (nSPS) is 18.7. The van der Waals surface area contributed by atoms with Gasteiger partial charge in [0.25, 0.3) is 0 Å². The fourth-order valence-electron chi connectivity index (χ4n) is 1.54. The van der Waals surface area contributed by atoms with Crippen molar-refractivity contribution >= 4 is 35.4 Å². The van der Waals surface area contributed by atoms with E-state index in [1.165, 1.54) is 5.56 Å². The molecule has 72 valence electrons. The molecule has 1 aliphatic rings. The summed E-state index contributed by atoms with van der Waals surface area (Å²) in [4.78, 5) is 0. The van der Waals surface area contributed by atoms with Crippen molar-refractivity contribution in [1.82, 2.24) is 5.01 Å². The van der Waals surface area contributed by atoms with Gasteiger partial charge in [-0.15, -0.1) is 0 Å². The number of hydrogen-bond donors (Lipinski definition) is 0. The molecule has 1 aromatic carbocycles. The predicted octanol–water partition coefficient (Wildman–Crippen LogP) is -0.745. The van der Waals surface area contributed by atoms with Crippen molar-refractivity contribution in [2.24, 2.45) is 5.10 Å². The molecule has 0 radical (unpaired) electrons. The molecule has 15 heavy (non-hydrogen) atoms. The molecule has 0 spiro atoms. The molecule has 2 nitrogen and oxygen atoms in total. The van der Waals surface area contributed by atoms with Gasteiger partial charge in [0.15, 0.2) is 0 Å². The summed E-state index contributed by atoms with van der Waals surface area (Å²) in [6, 6.07) is 10.4. The minimum Gasteiger partial charge on any atom is -0.409 e. The summed E-state index contributed by atoms with van der Waals surface area (Å²) in [5, 5.41) is 5.88. The van der Waals surface area contributed by atoms with E-state index < -0.39 is 0 Å². The molecule has 1 atom stereocenters. The van der Waals surface area contributed by atoms with Gasteiger partial charge in [-0.3, -0.25) is 5.01 Å². The quantitative estimate of drug-likeness (QED) is 0.367. The molecular formula is C10H9N2NaS2. The molecule has 1 unspecified atom stereocenters. The second kappa shape index (κ2) is 5.92. The van der Waals surface area contributed by atoms with E-state index in [2.05, 4.69) is 17.2 Å². The molecule has 1 aromatic rings. The van der Waals surface area contributed by atoms with Crippen LogP contribution < -0.4 is 29.6 Å². The first-order valence-electron chi connectivity index (χ1n) is 4.36. The maximum Gasteiger partial charge on any atom is 1.00 e. The van der Waals surface area contributed by atoms with Crippen molar-refractivity contribution in [2.75, 3.05) is 0 Å². The van der Waals surface area contributed by atoms with E-state index in [-0.39, 0.29) is 35.6 Å². The SMILES string of the molecule is S=C([S-])N1N=CCC1c1ccccc1.[Na+]. The van der Waals surface area contributed by atoms with Gasteiger partial charge >= 0.3 is 29.6 Å². The Morgan fingerprint density at radius 1 is 1.40 bits per heavy atom.